The van der Waals surface area contributed by atoms with Crippen LogP contribution in [-0.2, 0) is 14.6 Å². The largest absolute Gasteiger partial charge is 0.308 e. The summed E-state index contributed by atoms with van der Waals surface area (Å²) in [5.74, 6) is 1.41. The number of aliphatic imine (C=N–C) groups is 1. The summed E-state index contributed by atoms with van der Waals surface area (Å²) < 4.78 is 24.6. The van der Waals surface area contributed by atoms with E-state index in [1.165, 1.54) is 11.8 Å². The third-order valence-electron chi connectivity index (χ3n) is 3.75. The van der Waals surface area contributed by atoms with Crippen molar-refractivity contribution in [2.24, 2.45) is 4.99 Å². The molecule has 1 atom stereocenters. The first-order valence-corrected chi connectivity index (χ1v) is 11.2. The van der Waals surface area contributed by atoms with Gasteiger partial charge in [0.2, 0.25) is 5.91 Å². The molecule has 0 N–H and O–H groups in total. The molecule has 5 nitrogen and oxygen atoms in total. The van der Waals surface area contributed by atoms with Crippen LogP contribution in [0.4, 0.5) is 5.69 Å². The van der Waals surface area contributed by atoms with Crippen molar-refractivity contribution in [3.05, 3.63) is 30.3 Å². The molecule has 0 aliphatic carbocycles. The predicted octanol–water partition coefficient (Wildman–Crippen LogP) is 2.04. The molecule has 2 aliphatic rings. The second-order valence-electron chi connectivity index (χ2n) is 5.44. The Hall–Kier alpha value is -0.990. The minimum Gasteiger partial charge on any atom is -0.308 e. The minimum atomic E-state index is -3.04. The molecule has 1 aromatic rings. The highest BCUT2D eigenvalue weighted by Gasteiger charge is 2.35. The molecule has 3 rings (SSSR count). The van der Waals surface area contributed by atoms with Crippen molar-refractivity contribution in [1.29, 1.82) is 0 Å². The summed E-state index contributed by atoms with van der Waals surface area (Å²) in [5.41, 5.74) is 0.765. The number of benzene rings is 1. The number of rotatable bonds is 4. The fourth-order valence-electron chi connectivity index (χ4n) is 2.72. The van der Waals surface area contributed by atoms with E-state index in [1.54, 1.807) is 16.7 Å². The number of sulfone groups is 1. The van der Waals surface area contributed by atoms with Crippen molar-refractivity contribution < 1.29 is 13.2 Å². The van der Waals surface area contributed by atoms with E-state index in [-0.39, 0.29) is 29.2 Å². The number of carbonyl (C=O) groups is 1. The predicted molar refractivity (Wildman–Crippen MR) is 98.2 cm³/mol. The number of hydrogen-bond acceptors (Lipinski definition) is 6. The lowest BCUT2D eigenvalue weighted by atomic mass is 10.2. The number of amides is 1. The van der Waals surface area contributed by atoms with Gasteiger partial charge in [0.25, 0.3) is 0 Å². The second kappa shape index (κ2) is 7.27. The highest BCUT2D eigenvalue weighted by atomic mass is 32.2. The van der Waals surface area contributed by atoms with Crippen molar-refractivity contribution in [3.8, 4) is 0 Å². The number of thioether (sulfide) groups is 2. The Morgan fingerprint density at radius 2 is 2.13 bits per heavy atom. The molecule has 2 heterocycles. The van der Waals surface area contributed by atoms with E-state index >= 15 is 0 Å². The molecule has 1 aromatic carbocycles. The number of hydrogen-bond donors (Lipinski definition) is 0. The molecule has 23 heavy (non-hydrogen) atoms. The Kier molecular flexibility index (Phi) is 5.33. The second-order valence-corrected chi connectivity index (χ2v) is 9.98. The molecular weight excluding hydrogens is 352 g/mol. The SMILES string of the molecule is O=C(CSC1=NCCS1)N(c1ccccc1)[C@@H]1CCS(=O)(=O)C1. The molecule has 8 heteroatoms. The number of para-hydroxylation sites is 1. The summed E-state index contributed by atoms with van der Waals surface area (Å²) in [4.78, 5) is 18.7. The van der Waals surface area contributed by atoms with Crippen LogP contribution < -0.4 is 4.90 Å². The summed E-state index contributed by atoms with van der Waals surface area (Å²) in [5, 5.41) is 0. The number of anilines is 1. The third-order valence-corrected chi connectivity index (χ3v) is 7.74. The number of nitrogens with zero attached hydrogens (tertiary/aromatic N) is 2. The van der Waals surface area contributed by atoms with E-state index in [2.05, 4.69) is 4.99 Å². The first kappa shape index (κ1) is 16.9. The van der Waals surface area contributed by atoms with E-state index < -0.39 is 9.84 Å². The van der Waals surface area contributed by atoms with Gasteiger partial charge in [-0.05, 0) is 18.6 Å². The van der Waals surface area contributed by atoms with Gasteiger partial charge in [-0.15, -0.1) is 0 Å². The zero-order valence-corrected chi connectivity index (χ0v) is 15.0. The molecule has 1 amide bonds. The highest BCUT2D eigenvalue weighted by Crippen LogP contribution is 2.27. The van der Waals surface area contributed by atoms with Crippen molar-refractivity contribution in [1.82, 2.24) is 0 Å². The molecular formula is C15H18N2O3S3. The molecule has 1 saturated heterocycles. The van der Waals surface area contributed by atoms with Crippen molar-refractivity contribution in [2.75, 3.05) is 34.5 Å². The van der Waals surface area contributed by atoms with Gasteiger partial charge in [0.15, 0.2) is 9.84 Å². The molecule has 0 spiro atoms. The van der Waals surface area contributed by atoms with Crippen LogP contribution in [0.2, 0.25) is 0 Å². The van der Waals surface area contributed by atoms with Gasteiger partial charge in [-0.25, -0.2) is 8.42 Å². The van der Waals surface area contributed by atoms with Crippen LogP contribution in [0.25, 0.3) is 0 Å². The Morgan fingerprint density at radius 3 is 2.74 bits per heavy atom. The van der Waals surface area contributed by atoms with Crippen LogP contribution in [0, 0.1) is 0 Å². The third kappa shape index (κ3) is 4.30. The van der Waals surface area contributed by atoms with Gasteiger partial charge in [-0.3, -0.25) is 9.79 Å². The average Bonchev–Trinajstić information content (AvgIpc) is 3.16. The topological polar surface area (TPSA) is 66.8 Å². The summed E-state index contributed by atoms with van der Waals surface area (Å²) in [6, 6.07) is 9.06. The maximum atomic E-state index is 12.7. The molecule has 0 bridgehead atoms. The molecule has 1 fully saturated rings. The molecule has 0 radical (unpaired) electrons. The Bertz CT molecular complexity index is 704. The quantitative estimate of drug-likeness (QED) is 0.811. The summed E-state index contributed by atoms with van der Waals surface area (Å²) in [6.07, 6.45) is 0.503. The van der Waals surface area contributed by atoms with Crippen molar-refractivity contribution >= 4 is 49.3 Å². The lowest BCUT2D eigenvalue weighted by Gasteiger charge is -2.28. The van der Waals surface area contributed by atoms with Crippen LogP contribution in [-0.4, -0.2) is 54.3 Å². The first-order valence-electron chi connectivity index (χ1n) is 7.43. The van der Waals surface area contributed by atoms with Gasteiger partial charge in [0.1, 0.15) is 4.38 Å². The monoisotopic (exact) mass is 370 g/mol. The normalized spacial score (nSPS) is 22.8. The molecule has 0 aromatic heterocycles. The van der Waals surface area contributed by atoms with E-state index in [0.29, 0.717) is 6.42 Å². The molecule has 0 saturated carbocycles. The van der Waals surface area contributed by atoms with Crippen molar-refractivity contribution in [2.45, 2.75) is 12.5 Å². The van der Waals surface area contributed by atoms with Gasteiger partial charge in [-0.1, -0.05) is 41.7 Å². The smallest absolute Gasteiger partial charge is 0.237 e. The van der Waals surface area contributed by atoms with Crippen molar-refractivity contribution in [3.63, 3.8) is 0 Å². The van der Waals surface area contributed by atoms with E-state index in [1.807, 2.05) is 30.3 Å². The fourth-order valence-corrected chi connectivity index (χ4v) is 6.29. The van der Waals surface area contributed by atoms with Crippen LogP contribution in [0.5, 0.6) is 0 Å². The zero-order valence-electron chi connectivity index (χ0n) is 12.6. The maximum absolute atomic E-state index is 12.7. The Labute approximate surface area is 144 Å². The average molecular weight is 371 g/mol. The summed E-state index contributed by atoms with van der Waals surface area (Å²) in [6.45, 7) is 0.810. The Balaban J connectivity index is 1.76. The van der Waals surface area contributed by atoms with Crippen LogP contribution in [0.3, 0.4) is 0 Å². The van der Waals surface area contributed by atoms with Gasteiger partial charge in [0, 0.05) is 11.4 Å². The lowest BCUT2D eigenvalue weighted by molar-refractivity contribution is -0.116. The van der Waals surface area contributed by atoms with Gasteiger partial charge >= 0.3 is 0 Å². The highest BCUT2D eigenvalue weighted by molar-refractivity contribution is 8.39. The lowest BCUT2D eigenvalue weighted by Crippen LogP contribution is -2.42. The summed E-state index contributed by atoms with van der Waals surface area (Å²) in [7, 11) is -3.04. The maximum Gasteiger partial charge on any atom is 0.237 e. The van der Waals surface area contributed by atoms with Gasteiger partial charge in [-0.2, -0.15) is 0 Å². The van der Waals surface area contributed by atoms with E-state index in [0.717, 1.165) is 22.4 Å². The van der Waals surface area contributed by atoms with Crippen LogP contribution >= 0.6 is 23.5 Å². The van der Waals surface area contributed by atoms with E-state index in [4.69, 9.17) is 0 Å². The van der Waals surface area contributed by atoms with Gasteiger partial charge < -0.3 is 4.90 Å². The van der Waals surface area contributed by atoms with Crippen LogP contribution in [0.1, 0.15) is 6.42 Å². The first-order chi connectivity index (χ1) is 11.1. The van der Waals surface area contributed by atoms with Crippen LogP contribution in [0.15, 0.2) is 35.3 Å². The minimum absolute atomic E-state index is 0.0496. The van der Waals surface area contributed by atoms with E-state index in [9.17, 15) is 13.2 Å². The van der Waals surface area contributed by atoms with Gasteiger partial charge in [0.05, 0.1) is 29.8 Å². The summed E-state index contributed by atoms with van der Waals surface area (Å²) >= 11 is 3.12. The zero-order chi connectivity index (χ0) is 16.3. The molecule has 124 valence electrons. The number of carbonyl (C=O) groups excluding carboxylic acids is 1. The molecule has 2 aliphatic heterocycles. The fraction of sp³-hybridized carbons (Fsp3) is 0.467. The Morgan fingerprint density at radius 1 is 1.35 bits per heavy atom. The standard InChI is InChI=1S/C15H18N2O3S3/c18-14(10-22-15-16-7-8-21-15)17(12-4-2-1-3-5-12)13-6-9-23(19,20)11-13/h1-5,13H,6-11H2/t13-/m1/s1. The molecule has 0 unspecified atom stereocenters.